The molecule has 0 radical (unpaired) electrons. The van der Waals surface area contributed by atoms with E-state index in [0.717, 1.165) is 24.3 Å². The van der Waals surface area contributed by atoms with Crippen molar-refractivity contribution in [3.63, 3.8) is 0 Å². The lowest BCUT2D eigenvalue weighted by Crippen LogP contribution is -2.15. The van der Waals surface area contributed by atoms with E-state index in [1.54, 1.807) is 0 Å². The summed E-state index contributed by atoms with van der Waals surface area (Å²) in [6.07, 6.45) is 0. The van der Waals surface area contributed by atoms with Crippen molar-refractivity contribution in [3.05, 3.63) is 35.4 Å². The number of carbonyl (C=O) groups is 2. The topological polar surface area (TPSA) is 329 Å². The molecule has 0 aliphatic heterocycles. The Morgan fingerprint density at radius 1 is 0.328 bits per heavy atom. The van der Waals surface area contributed by atoms with Crippen molar-refractivity contribution >= 4 is 11.9 Å². The minimum atomic E-state index is -1.29. The molecule has 334 valence electrons. The molecule has 0 saturated carbocycles. The van der Waals surface area contributed by atoms with E-state index in [-0.39, 0.29) is 24.3 Å². The maximum atomic E-state index is 10.3. The second kappa shape index (κ2) is 37.0. The molecule has 0 bridgehead atoms. The molecule has 0 atom stereocenters. The van der Waals surface area contributed by atoms with Crippen LogP contribution in [0.4, 0.5) is 0 Å². The molecular formula is C36H58O22. The zero-order valence-corrected chi connectivity index (χ0v) is 32.2. The smallest absolute Gasteiger partial charge is 0.335 e. The second-order valence-electron chi connectivity index (χ2n) is 10.9. The van der Waals surface area contributed by atoms with Gasteiger partial charge in [-0.25, -0.2) is 9.59 Å². The molecular weight excluding hydrogens is 784 g/mol. The van der Waals surface area contributed by atoms with E-state index in [4.69, 9.17) is 98.4 Å². The highest BCUT2D eigenvalue weighted by molar-refractivity contribution is 5.89. The van der Waals surface area contributed by atoms with Crippen LogP contribution >= 0.6 is 0 Å². The average Bonchev–Trinajstić information content (AvgIpc) is 3.19. The SMILES string of the molecule is O=C(O)c1cc(O)c(O)c(O)c1.O=C(O)c1cc(O)c(O)c(O)c1.OCCOCCOCCOCCOCCOCCOCCOCCOCCOCCOCCO. The van der Waals surface area contributed by atoms with Gasteiger partial charge >= 0.3 is 11.9 Å². The van der Waals surface area contributed by atoms with E-state index in [9.17, 15) is 9.59 Å². The summed E-state index contributed by atoms with van der Waals surface area (Å²) in [5.74, 6) is -6.67. The van der Waals surface area contributed by atoms with Crippen molar-refractivity contribution in [2.45, 2.75) is 0 Å². The zero-order chi connectivity index (χ0) is 43.2. The lowest BCUT2D eigenvalue weighted by Gasteiger charge is -2.09. The van der Waals surface area contributed by atoms with Gasteiger partial charge in [0.2, 0.25) is 0 Å². The first-order valence-corrected chi connectivity index (χ1v) is 17.9. The van der Waals surface area contributed by atoms with Crippen molar-refractivity contribution in [2.75, 3.05) is 145 Å². The van der Waals surface area contributed by atoms with Gasteiger partial charge < -0.3 is 98.4 Å². The third-order valence-corrected chi connectivity index (χ3v) is 6.45. The minimum Gasteiger partial charge on any atom is -0.504 e. The van der Waals surface area contributed by atoms with Gasteiger partial charge in [0.05, 0.1) is 156 Å². The third-order valence-electron chi connectivity index (χ3n) is 6.45. The van der Waals surface area contributed by atoms with Gasteiger partial charge in [-0.1, -0.05) is 0 Å². The van der Waals surface area contributed by atoms with E-state index in [0.29, 0.717) is 132 Å². The van der Waals surface area contributed by atoms with Crippen LogP contribution in [0.3, 0.4) is 0 Å². The van der Waals surface area contributed by atoms with Crippen LogP contribution in [-0.4, -0.2) is 208 Å². The van der Waals surface area contributed by atoms with Gasteiger partial charge in [-0.2, -0.15) is 0 Å². The number of rotatable bonds is 33. The summed E-state index contributed by atoms with van der Waals surface area (Å²) in [6, 6.07) is 3.38. The van der Waals surface area contributed by atoms with E-state index in [1.807, 2.05) is 0 Å². The molecule has 0 unspecified atom stereocenters. The zero-order valence-electron chi connectivity index (χ0n) is 32.2. The van der Waals surface area contributed by atoms with Crippen LogP contribution in [0.1, 0.15) is 20.7 Å². The standard InChI is InChI=1S/C22H46O12.2C7H6O5/c23-1-3-25-5-7-27-9-11-29-13-15-31-17-19-33-21-22-34-20-18-32-16-14-30-12-10-28-8-6-26-4-2-24;2*8-4-1-3(7(11)12)2-5(9)6(4)10/h23-24H,1-22H2;2*1-2,8-10H,(H,11,12). The van der Waals surface area contributed by atoms with Crippen LogP contribution in [0.25, 0.3) is 0 Å². The molecule has 0 aromatic heterocycles. The molecule has 10 N–H and O–H groups in total. The van der Waals surface area contributed by atoms with Crippen molar-refractivity contribution in [2.24, 2.45) is 0 Å². The summed E-state index contributed by atoms with van der Waals surface area (Å²) in [4.78, 5) is 20.6. The van der Waals surface area contributed by atoms with Crippen LogP contribution in [0.2, 0.25) is 0 Å². The van der Waals surface area contributed by atoms with Crippen molar-refractivity contribution in [1.82, 2.24) is 0 Å². The van der Waals surface area contributed by atoms with E-state index < -0.39 is 46.4 Å². The molecule has 22 heteroatoms. The molecule has 0 amide bonds. The predicted molar refractivity (Wildman–Crippen MR) is 199 cm³/mol. The first-order valence-electron chi connectivity index (χ1n) is 17.9. The van der Waals surface area contributed by atoms with Crippen LogP contribution in [0.5, 0.6) is 34.5 Å². The summed E-state index contributed by atoms with van der Waals surface area (Å²) in [7, 11) is 0. The molecule has 0 aliphatic rings. The number of ether oxygens (including phenoxy) is 10. The number of benzene rings is 2. The average molecular weight is 843 g/mol. The molecule has 0 aliphatic carbocycles. The first-order chi connectivity index (χ1) is 28.0. The summed E-state index contributed by atoms with van der Waals surface area (Å²) in [5, 5.41) is 87.0. The van der Waals surface area contributed by atoms with Crippen LogP contribution in [0.15, 0.2) is 24.3 Å². The molecule has 0 fully saturated rings. The van der Waals surface area contributed by atoms with E-state index >= 15 is 0 Å². The van der Waals surface area contributed by atoms with Crippen molar-refractivity contribution < 1.29 is 108 Å². The highest BCUT2D eigenvalue weighted by Gasteiger charge is 2.12. The Bertz CT molecular complexity index is 1180. The van der Waals surface area contributed by atoms with Crippen LogP contribution in [-0.2, 0) is 47.4 Å². The number of aliphatic hydroxyl groups is 2. The molecule has 2 aromatic rings. The molecule has 2 aromatic carbocycles. The summed E-state index contributed by atoms with van der Waals surface area (Å²) in [6.45, 7) is 9.75. The summed E-state index contributed by atoms with van der Waals surface area (Å²) in [5.41, 5.74) is -0.578. The number of carboxylic acids is 2. The number of aliphatic hydroxyl groups excluding tert-OH is 2. The highest BCUT2D eigenvalue weighted by Crippen LogP contribution is 2.36. The Morgan fingerprint density at radius 3 is 0.621 bits per heavy atom. The highest BCUT2D eigenvalue weighted by atomic mass is 16.6. The van der Waals surface area contributed by atoms with Gasteiger partial charge in [-0.15, -0.1) is 0 Å². The lowest BCUT2D eigenvalue weighted by atomic mass is 10.2. The Labute approximate surface area is 335 Å². The summed E-state index contributed by atoms with van der Waals surface area (Å²) >= 11 is 0. The van der Waals surface area contributed by atoms with Crippen LogP contribution in [0, 0.1) is 0 Å². The van der Waals surface area contributed by atoms with Gasteiger partial charge in [-0.05, 0) is 24.3 Å². The Hall–Kier alpha value is -4.30. The van der Waals surface area contributed by atoms with Crippen molar-refractivity contribution in [3.8, 4) is 34.5 Å². The molecule has 58 heavy (non-hydrogen) atoms. The number of hydrogen-bond donors (Lipinski definition) is 10. The number of phenolic OH excluding ortho intramolecular Hbond substituents is 6. The molecule has 22 nitrogen and oxygen atoms in total. The molecule has 0 heterocycles. The Kier molecular flexibility index (Phi) is 34.3. The van der Waals surface area contributed by atoms with Gasteiger partial charge in [0, 0.05) is 0 Å². The van der Waals surface area contributed by atoms with Gasteiger partial charge in [0.1, 0.15) is 0 Å². The number of phenols is 6. The number of aromatic hydroxyl groups is 6. The largest absolute Gasteiger partial charge is 0.504 e. The number of carboxylic acid groups (broad SMARTS) is 2. The molecule has 0 spiro atoms. The van der Waals surface area contributed by atoms with Crippen LogP contribution < -0.4 is 0 Å². The normalized spacial score (nSPS) is 10.7. The first kappa shape index (κ1) is 53.7. The fraction of sp³-hybridized carbons (Fsp3) is 0.611. The van der Waals surface area contributed by atoms with Gasteiger partial charge in [0.15, 0.2) is 34.5 Å². The fourth-order valence-corrected chi connectivity index (χ4v) is 3.67. The predicted octanol–water partition coefficient (Wildman–Crippen LogP) is 0.140. The van der Waals surface area contributed by atoms with Gasteiger partial charge in [-0.3, -0.25) is 0 Å². The molecule has 2 rings (SSSR count). The minimum absolute atomic E-state index is 0.0265. The van der Waals surface area contributed by atoms with Gasteiger partial charge in [0.25, 0.3) is 0 Å². The maximum absolute atomic E-state index is 10.3. The monoisotopic (exact) mass is 842 g/mol. The molecule has 0 saturated heterocycles. The maximum Gasteiger partial charge on any atom is 0.335 e. The Morgan fingerprint density at radius 2 is 0.483 bits per heavy atom. The lowest BCUT2D eigenvalue weighted by molar-refractivity contribution is -0.0271. The van der Waals surface area contributed by atoms with E-state index in [2.05, 4.69) is 0 Å². The number of hydrogen-bond acceptors (Lipinski definition) is 20. The second-order valence-corrected chi connectivity index (χ2v) is 10.9. The van der Waals surface area contributed by atoms with Crippen molar-refractivity contribution in [1.29, 1.82) is 0 Å². The van der Waals surface area contributed by atoms with E-state index in [1.165, 1.54) is 0 Å². The summed E-state index contributed by atoms with van der Waals surface area (Å²) < 4.78 is 53.2. The Balaban J connectivity index is 0.00000108. The third kappa shape index (κ3) is 29.9. The quantitative estimate of drug-likeness (QED) is 0.0337. The fourth-order valence-electron chi connectivity index (χ4n) is 3.67. The number of aromatic carboxylic acids is 2.